The molecule has 0 aliphatic carbocycles. The lowest BCUT2D eigenvalue weighted by atomic mass is 10.1. The molecule has 0 heterocycles. The minimum absolute atomic E-state index is 0.182. The maximum Gasteiger partial charge on any atom is 0.384 e. The molecule has 0 spiro atoms. The summed E-state index contributed by atoms with van der Waals surface area (Å²) in [6.45, 7) is 1.75. The van der Waals surface area contributed by atoms with Gasteiger partial charge >= 0.3 is 17.5 Å². The van der Waals surface area contributed by atoms with E-state index in [4.69, 9.17) is 10.6 Å². The predicted octanol–water partition coefficient (Wildman–Crippen LogP) is 0.111. The number of carbonyl (C=O) groups excluding carboxylic acids is 1. The van der Waals surface area contributed by atoms with Crippen LogP contribution >= 0.6 is 0 Å². The third-order valence-corrected chi connectivity index (χ3v) is 1.06. The summed E-state index contributed by atoms with van der Waals surface area (Å²) in [7, 11) is 0. The molecule has 0 aromatic rings. The first-order valence-corrected chi connectivity index (χ1v) is 3.12. The lowest BCUT2D eigenvalue weighted by Gasteiger charge is -1.86. The summed E-state index contributed by atoms with van der Waals surface area (Å²) < 4.78 is 0. The van der Waals surface area contributed by atoms with E-state index in [-0.39, 0.29) is 12.1 Å². The van der Waals surface area contributed by atoms with Crippen molar-refractivity contribution in [3.8, 4) is 0 Å². The van der Waals surface area contributed by atoms with Crippen LogP contribution in [0.15, 0.2) is 0 Å². The highest BCUT2D eigenvalue weighted by molar-refractivity contribution is 6.61. The van der Waals surface area contributed by atoms with Crippen molar-refractivity contribution in [1.82, 2.24) is 0 Å². The van der Waals surface area contributed by atoms with Gasteiger partial charge in [0.2, 0.25) is 0 Å². The molecule has 0 fully saturated rings. The van der Waals surface area contributed by atoms with Crippen LogP contribution in [0.25, 0.3) is 5.53 Å². The molecule has 5 nitrogen and oxygen atoms in total. The number of Topliss-reactive ketones (excluding diaryl/α,β-unsaturated/α-hetero) is 1. The fraction of sp³-hybridized carbons (Fsp3) is 0.500. The van der Waals surface area contributed by atoms with Crippen LogP contribution in [0.4, 0.5) is 0 Å². The van der Waals surface area contributed by atoms with Gasteiger partial charge < -0.3 is 10.6 Å². The van der Waals surface area contributed by atoms with Crippen molar-refractivity contribution < 1.29 is 19.5 Å². The highest BCUT2D eigenvalue weighted by Gasteiger charge is 2.25. The van der Waals surface area contributed by atoms with Crippen LogP contribution in [-0.2, 0) is 9.59 Å². The predicted molar refractivity (Wildman–Crippen MR) is 36.2 cm³/mol. The quantitative estimate of drug-likeness (QED) is 0.271. The van der Waals surface area contributed by atoms with Crippen LogP contribution in [0.2, 0.25) is 0 Å². The monoisotopic (exact) mass is 156 g/mol. The van der Waals surface area contributed by atoms with Gasteiger partial charge in [0.15, 0.2) is 0 Å². The molecule has 0 bridgehead atoms. The van der Waals surface area contributed by atoms with Crippen molar-refractivity contribution in [3.05, 3.63) is 5.53 Å². The molecule has 0 saturated carbocycles. The van der Waals surface area contributed by atoms with Crippen LogP contribution in [-0.4, -0.2) is 27.4 Å². The van der Waals surface area contributed by atoms with Crippen LogP contribution < -0.4 is 0 Å². The zero-order valence-corrected chi connectivity index (χ0v) is 6.07. The Morgan fingerprint density at radius 2 is 2.09 bits per heavy atom. The van der Waals surface area contributed by atoms with E-state index in [1.54, 1.807) is 6.92 Å². The van der Waals surface area contributed by atoms with Gasteiger partial charge in [0, 0.05) is 0 Å². The molecule has 0 saturated heterocycles. The number of aliphatic carboxylic acids is 1. The molecular weight excluding hydrogens is 148 g/mol. The molecule has 0 unspecified atom stereocenters. The lowest BCUT2D eigenvalue weighted by molar-refractivity contribution is -0.147. The van der Waals surface area contributed by atoms with Gasteiger partial charge in [0.25, 0.3) is 0 Å². The zero-order valence-electron chi connectivity index (χ0n) is 6.07. The van der Waals surface area contributed by atoms with E-state index in [1.165, 1.54) is 0 Å². The largest absolute Gasteiger partial charge is 0.475 e. The van der Waals surface area contributed by atoms with Crippen molar-refractivity contribution in [2.45, 2.75) is 19.8 Å². The van der Waals surface area contributed by atoms with Gasteiger partial charge in [-0.2, -0.15) is 4.79 Å². The van der Waals surface area contributed by atoms with E-state index in [0.29, 0.717) is 6.42 Å². The molecule has 60 valence electrons. The molecule has 5 heteroatoms. The first kappa shape index (κ1) is 9.52. The second-order valence-electron chi connectivity index (χ2n) is 1.93. The molecule has 0 atom stereocenters. The Morgan fingerprint density at radius 1 is 1.55 bits per heavy atom. The van der Waals surface area contributed by atoms with Crippen molar-refractivity contribution in [2.75, 3.05) is 0 Å². The highest BCUT2D eigenvalue weighted by atomic mass is 16.4. The molecule has 0 amide bonds. The Hall–Kier alpha value is -1.48. The van der Waals surface area contributed by atoms with Gasteiger partial charge in [-0.15, -0.1) is 0 Å². The third-order valence-electron chi connectivity index (χ3n) is 1.06. The second-order valence-corrected chi connectivity index (χ2v) is 1.93. The van der Waals surface area contributed by atoms with Gasteiger partial charge in [0.05, 0.1) is 6.42 Å². The summed E-state index contributed by atoms with van der Waals surface area (Å²) in [5.74, 6) is -2.74. The number of ketones is 1. The van der Waals surface area contributed by atoms with E-state index >= 15 is 0 Å². The molecule has 0 aromatic carbocycles. The summed E-state index contributed by atoms with van der Waals surface area (Å²) in [6, 6.07) is 0. The van der Waals surface area contributed by atoms with E-state index < -0.39 is 11.8 Å². The summed E-state index contributed by atoms with van der Waals surface area (Å²) in [6.07, 6.45) is 0.750. The van der Waals surface area contributed by atoms with Crippen LogP contribution in [0.3, 0.4) is 0 Å². The third kappa shape index (κ3) is 2.73. The maximum atomic E-state index is 10.6. The summed E-state index contributed by atoms with van der Waals surface area (Å²) in [5, 5.41) is 8.17. The number of nitrogens with zero attached hydrogens (tertiary/aromatic N) is 2. The number of hydrogen-bond acceptors (Lipinski definition) is 2. The number of carboxylic acids is 1. The van der Waals surface area contributed by atoms with Crippen molar-refractivity contribution in [1.29, 1.82) is 0 Å². The zero-order chi connectivity index (χ0) is 8.85. The van der Waals surface area contributed by atoms with E-state index in [2.05, 4.69) is 4.79 Å². The lowest BCUT2D eigenvalue weighted by Crippen LogP contribution is -2.23. The van der Waals surface area contributed by atoms with Gasteiger partial charge in [-0.25, -0.2) is 4.79 Å². The van der Waals surface area contributed by atoms with Crippen molar-refractivity contribution >= 4 is 17.5 Å². The normalized spacial score (nSPS) is 8.45. The Labute approximate surface area is 63.3 Å². The van der Waals surface area contributed by atoms with Gasteiger partial charge in [-0.3, -0.25) is 4.79 Å². The molecule has 1 N–H and O–H groups in total. The molecule has 11 heavy (non-hydrogen) atoms. The Balaban J connectivity index is 4.41. The molecular formula is C6H8N2O3. The smallest absolute Gasteiger partial charge is 0.384 e. The molecule has 0 aliphatic rings. The number of hydrogen-bond donors (Lipinski definition) is 1. The van der Waals surface area contributed by atoms with Gasteiger partial charge in [-0.05, 0) is 6.42 Å². The van der Waals surface area contributed by atoms with E-state index in [9.17, 15) is 9.59 Å². The molecule has 0 aromatic heterocycles. The Kier molecular flexibility index (Phi) is 3.77. The summed E-state index contributed by atoms with van der Waals surface area (Å²) >= 11 is 0. The number of rotatable bonds is 4. The minimum atomic E-state index is -1.59. The van der Waals surface area contributed by atoms with Crippen molar-refractivity contribution in [3.63, 3.8) is 0 Å². The van der Waals surface area contributed by atoms with Gasteiger partial charge in [0.1, 0.15) is 0 Å². The van der Waals surface area contributed by atoms with Crippen LogP contribution in [0.5, 0.6) is 0 Å². The van der Waals surface area contributed by atoms with E-state index in [0.717, 1.165) is 0 Å². The average molecular weight is 156 g/mol. The molecule has 0 radical (unpaired) electrons. The Morgan fingerprint density at radius 3 is 2.36 bits per heavy atom. The summed E-state index contributed by atoms with van der Waals surface area (Å²) in [4.78, 5) is 23.2. The van der Waals surface area contributed by atoms with E-state index in [1.807, 2.05) is 0 Å². The average Bonchev–Trinajstić information content (AvgIpc) is 1.98. The fourth-order valence-electron chi connectivity index (χ4n) is 0.569. The number of carboxylic acid groups (broad SMARTS) is 1. The summed E-state index contributed by atoms with van der Waals surface area (Å²) in [5.41, 5.74) is 7.87. The number of carbonyl (C=O) groups is 2. The standard InChI is InChI=1S/C6H8N2O3/c1-2-3-4(8-7)5(9)6(10)11/h2-3H2,1H3,(H,10,11). The second kappa shape index (κ2) is 4.35. The first-order valence-electron chi connectivity index (χ1n) is 3.12. The maximum absolute atomic E-state index is 10.6. The molecule has 0 aliphatic heterocycles. The SMILES string of the molecule is CCCC(=[N+]=[N-])C(=O)C(=O)O. The minimum Gasteiger partial charge on any atom is -0.475 e. The van der Waals surface area contributed by atoms with Crippen molar-refractivity contribution in [2.24, 2.45) is 0 Å². The highest BCUT2D eigenvalue weighted by Crippen LogP contribution is 1.90. The fourth-order valence-corrected chi connectivity index (χ4v) is 0.569. The van der Waals surface area contributed by atoms with Crippen LogP contribution in [0, 0.1) is 0 Å². The van der Waals surface area contributed by atoms with Gasteiger partial charge in [-0.1, -0.05) is 6.92 Å². The first-order chi connectivity index (χ1) is 5.13. The topological polar surface area (TPSA) is 90.8 Å². The Bertz CT molecular complexity index is 228. The molecule has 0 rings (SSSR count). The van der Waals surface area contributed by atoms with Crippen LogP contribution in [0.1, 0.15) is 19.8 Å².